The van der Waals surface area contributed by atoms with Gasteiger partial charge in [0.1, 0.15) is 11.5 Å². The minimum absolute atomic E-state index is 0.155. The fraction of sp³-hybridized carbons (Fsp3) is 0.259. The number of nitrogens with one attached hydrogen (secondary N) is 2. The highest BCUT2D eigenvalue weighted by Gasteiger charge is 2.24. The molecule has 2 aliphatic heterocycles. The first-order chi connectivity index (χ1) is 18.0. The Morgan fingerprint density at radius 3 is 1.41 bits per heavy atom. The zero-order valence-corrected chi connectivity index (χ0v) is 21.8. The Hall–Kier alpha value is -3.50. The van der Waals surface area contributed by atoms with Crippen LogP contribution in [-0.4, -0.2) is 45.5 Å². The van der Waals surface area contributed by atoms with E-state index >= 15 is 0 Å². The van der Waals surface area contributed by atoms with E-state index in [9.17, 15) is 19.8 Å². The third-order valence-electron chi connectivity index (χ3n) is 5.51. The number of carbonyl (C=O) groups excluding carboxylic acids is 2. The predicted molar refractivity (Wildman–Crippen MR) is 151 cm³/mol. The molecule has 2 aromatic carbocycles. The summed E-state index contributed by atoms with van der Waals surface area (Å²) in [5, 5.41) is 25.6. The molecule has 8 nitrogen and oxygen atoms in total. The van der Waals surface area contributed by atoms with Gasteiger partial charge in [-0.05, 0) is 83.9 Å². The average molecular weight is 537 g/mol. The van der Waals surface area contributed by atoms with Gasteiger partial charge in [-0.25, -0.2) is 0 Å². The van der Waals surface area contributed by atoms with Gasteiger partial charge in [-0.2, -0.15) is 0 Å². The number of hydrogen-bond donors (Lipinski definition) is 4. The fourth-order valence-corrected chi connectivity index (χ4v) is 5.26. The Morgan fingerprint density at radius 1 is 0.622 bits per heavy atom. The molecule has 4 N–H and O–H groups in total. The highest BCUT2D eigenvalue weighted by Crippen LogP contribution is 2.27. The first-order valence-electron chi connectivity index (χ1n) is 12.0. The second-order valence-electron chi connectivity index (χ2n) is 8.45. The molecule has 2 amide bonds. The first-order valence-corrected chi connectivity index (χ1v) is 13.7. The van der Waals surface area contributed by atoms with Crippen molar-refractivity contribution in [2.24, 2.45) is 9.98 Å². The monoisotopic (exact) mass is 536 g/mol. The van der Waals surface area contributed by atoms with Crippen LogP contribution in [0.15, 0.2) is 68.3 Å². The molecule has 0 bridgehead atoms. The van der Waals surface area contributed by atoms with Crippen molar-refractivity contribution in [1.82, 2.24) is 10.6 Å². The second kappa shape index (κ2) is 13.2. The SMILES string of the molecule is O=C1NC(=NCCCCCCCN=C2NC(=O)/C(=C/c3ccc(O)cc3)S2)S/C1=C\c1ccc(O)cc1. The topological polar surface area (TPSA) is 123 Å². The Morgan fingerprint density at radius 2 is 1.00 bits per heavy atom. The highest BCUT2D eigenvalue weighted by molar-refractivity contribution is 8.19. The third kappa shape index (κ3) is 8.26. The zero-order chi connectivity index (χ0) is 26.0. The molecule has 192 valence electrons. The Balaban J connectivity index is 1.10. The fourth-order valence-electron chi connectivity index (χ4n) is 3.56. The van der Waals surface area contributed by atoms with Crippen molar-refractivity contribution >= 4 is 57.8 Å². The summed E-state index contributed by atoms with van der Waals surface area (Å²) in [6.07, 6.45) is 8.64. The molecule has 2 aromatic rings. The number of phenols is 2. The second-order valence-corrected chi connectivity index (χ2v) is 10.5. The molecule has 0 saturated carbocycles. The van der Waals surface area contributed by atoms with Crippen LogP contribution in [0, 0.1) is 0 Å². The number of hydrogen-bond acceptors (Lipinski definition) is 8. The van der Waals surface area contributed by atoms with Gasteiger partial charge in [0.2, 0.25) is 0 Å². The summed E-state index contributed by atoms with van der Waals surface area (Å²) in [5.74, 6) is 0.0736. The summed E-state index contributed by atoms with van der Waals surface area (Å²) < 4.78 is 0. The quantitative estimate of drug-likeness (QED) is 0.254. The normalized spacial score (nSPS) is 19.8. The smallest absolute Gasteiger partial charge is 0.264 e. The van der Waals surface area contributed by atoms with Crippen molar-refractivity contribution in [3.8, 4) is 11.5 Å². The molecule has 10 heteroatoms. The van der Waals surface area contributed by atoms with E-state index in [1.54, 1.807) is 60.7 Å². The number of unbranched alkanes of at least 4 members (excludes halogenated alkanes) is 4. The summed E-state index contributed by atoms with van der Waals surface area (Å²) in [6, 6.07) is 13.4. The molecular weight excluding hydrogens is 508 g/mol. The molecule has 37 heavy (non-hydrogen) atoms. The molecule has 0 aliphatic carbocycles. The minimum atomic E-state index is -0.155. The molecular formula is C27H28N4O4S2. The van der Waals surface area contributed by atoms with Crippen molar-refractivity contribution in [3.63, 3.8) is 0 Å². The van der Waals surface area contributed by atoms with Crippen LogP contribution < -0.4 is 10.6 Å². The molecule has 0 atom stereocenters. The Labute approximate surface area is 224 Å². The van der Waals surface area contributed by atoms with E-state index in [4.69, 9.17) is 0 Å². The molecule has 0 unspecified atom stereocenters. The lowest BCUT2D eigenvalue weighted by Crippen LogP contribution is -2.20. The van der Waals surface area contributed by atoms with E-state index in [0.717, 1.165) is 43.2 Å². The summed E-state index contributed by atoms with van der Waals surface area (Å²) in [5.41, 5.74) is 1.70. The lowest BCUT2D eigenvalue weighted by Gasteiger charge is -2.00. The van der Waals surface area contributed by atoms with Gasteiger partial charge >= 0.3 is 0 Å². The van der Waals surface area contributed by atoms with E-state index in [1.165, 1.54) is 23.5 Å². The number of amidine groups is 2. The molecule has 0 radical (unpaired) electrons. The van der Waals surface area contributed by atoms with Gasteiger partial charge in [-0.1, -0.05) is 43.5 Å². The van der Waals surface area contributed by atoms with E-state index in [2.05, 4.69) is 20.6 Å². The maximum Gasteiger partial charge on any atom is 0.264 e. The number of aromatic hydroxyl groups is 2. The van der Waals surface area contributed by atoms with Crippen LogP contribution >= 0.6 is 23.5 Å². The molecule has 2 heterocycles. The van der Waals surface area contributed by atoms with Crippen LogP contribution in [0.25, 0.3) is 12.2 Å². The van der Waals surface area contributed by atoms with E-state index in [0.29, 0.717) is 33.2 Å². The lowest BCUT2D eigenvalue weighted by atomic mass is 10.1. The number of aliphatic imine (C=N–C) groups is 2. The van der Waals surface area contributed by atoms with E-state index < -0.39 is 0 Å². The molecule has 2 aliphatic rings. The van der Waals surface area contributed by atoms with Crippen molar-refractivity contribution in [1.29, 1.82) is 0 Å². The summed E-state index contributed by atoms with van der Waals surface area (Å²) in [6.45, 7) is 1.33. The predicted octanol–water partition coefficient (Wildman–Crippen LogP) is 4.87. The third-order valence-corrected chi connectivity index (χ3v) is 7.41. The highest BCUT2D eigenvalue weighted by atomic mass is 32.2. The van der Waals surface area contributed by atoms with Crippen LogP contribution in [-0.2, 0) is 9.59 Å². The molecule has 4 rings (SSSR count). The number of benzene rings is 2. The summed E-state index contributed by atoms with van der Waals surface area (Å²) >= 11 is 2.67. The number of rotatable bonds is 10. The van der Waals surface area contributed by atoms with Crippen LogP contribution in [0.3, 0.4) is 0 Å². The zero-order valence-electron chi connectivity index (χ0n) is 20.1. The summed E-state index contributed by atoms with van der Waals surface area (Å²) in [7, 11) is 0. The van der Waals surface area contributed by atoms with Crippen molar-refractivity contribution < 1.29 is 19.8 Å². The minimum Gasteiger partial charge on any atom is -0.508 e. The van der Waals surface area contributed by atoms with Gasteiger partial charge in [0.25, 0.3) is 11.8 Å². The largest absolute Gasteiger partial charge is 0.508 e. The summed E-state index contributed by atoms with van der Waals surface area (Å²) in [4.78, 5) is 34.5. The number of nitrogens with zero attached hydrogens (tertiary/aromatic N) is 2. The van der Waals surface area contributed by atoms with Crippen LogP contribution in [0.2, 0.25) is 0 Å². The number of carbonyl (C=O) groups is 2. The maximum atomic E-state index is 12.1. The van der Waals surface area contributed by atoms with Crippen LogP contribution in [0.5, 0.6) is 11.5 Å². The van der Waals surface area contributed by atoms with Crippen LogP contribution in [0.4, 0.5) is 0 Å². The molecule has 0 spiro atoms. The van der Waals surface area contributed by atoms with E-state index in [1.807, 2.05) is 0 Å². The van der Waals surface area contributed by atoms with Crippen molar-refractivity contribution in [2.75, 3.05) is 13.1 Å². The van der Waals surface area contributed by atoms with Gasteiger partial charge in [0, 0.05) is 13.1 Å². The average Bonchev–Trinajstić information content (AvgIpc) is 3.41. The standard InChI is InChI=1S/C27H28N4O4S2/c32-20-10-6-18(7-11-20)16-22-24(34)30-26(36-22)28-14-4-2-1-3-5-15-29-27-31-25(35)23(37-27)17-19-8-12-21(33)13-9-19/h6-13,16-17,32-33H,1-5,14-15H2,(H,28,30,34)(H,29,31,35)/b22-16-,23-17-. The first kappa shape index (κ1) is 26.6. The number of amides is 2. The van der Waals surface area contributed by atoms with E-state index in [-0.39, 0.29) is 23.3 Å². The Kier molecular flexibility index (Phi) is 9.45. The molecule has 0 aromatic heterocycles. The molecule has 2 saturated heterocycles. The van der Waals surface area contributed by atoms with Crippen LogP contribution in [0.1, 0.15) is 43.2 Å². The molecule has 2 fully saturated rings. The van der Waals surface area contributed by atoms with Crippen molar-refractivity contribution in [3.05, 3.63) is 69.5 Å². The number of thioether (sulfide) groups is 2. The van der Waals surface area contributed by atoms with Gasteiger partial charge in [0.15, 0.2) is 10.3 Å². The van der Waals surface area contributed by atoms with Gasteiger partial charge in [-0.15, -0.1) is 0 Å². The van der Waals surface area contributed by atoms with Gasteiger partial charge in [0.05, 0.1) is 9.81 Å². The van der Waals surface area contributed by atoms with Gasteiger partial charge < -0.3 is 20.8 Å². The maximum absolute atomic E-state index is 12.1. The Bertz CT molecular complexity index is 1150. The van der Waals surface area contributed by atoms with Crippen molar-refractivity contribution in [2.45, 2.75) is 32.1 Å². The lowest BCUT2D eigenvalue weighted by molar-refractivity contribution is -0.116. The number of phenolic OH excluding ortho intramolecular Hbond substituents is 2. The van der Waals surface area contributed by atoms with Gasteiger partial charge in [-0.3, -0.25) is 19.6 Å².